The Morgan fingerprint density at radius 1 is 0.957 bits per heavy atom. The third-order valence-corrected chi connectivity index (χ3v) is 3.87. The fourth-order valence-electron chi connectivity index (χ4n) is 2.71. The van der Waals surface area contributed by atoms with Gasteiger partial charge in [0.2, 0.25) is 0 Å². The van der Waals surface area contributed by atoms with Crippen LogP contribution in [0.1, 0.15) is 16.8 Å². The molecule has 114 valence electrons. The summed E-state index contributed by atoms with van der Waals surface area (Å²) in [5.74, 6) is 0. The number of nitrogens with one attached hydrogen (secondary N) is 1. The Hall–Kier alpha value is -2.87. The second-order valence-corrected chi connectivity index (χ2v) is 5.52. The van der Waals surface area contributed by atoms with Crippen molar-refractivity contribution in [2.75, 3.05) is 0 Å². The molecule has 3 rings (SSSR count). The first-order valence-electron chi connectivity index (χ1n) is 7.74. The molecule has 0 saturated heterocycles. The Bertz CT molecular complexity index is 793. The van der Waals surface area contributed by atoms with E-state index < -0.39 is 0 Å². The van der Waals surface area contributed by atoms with Crippen molar-refractivity contribution in [3.63, 3.8) is 0 Å². The predicted molar refractivity (Wildman–Crippen MR) is 96.7 cm³/mol. The third kappa shape index (κ3) is 3.49. The number of benzene rings is 2. The van der Waals surface area contributed by atoms with Crippen LogP contribution in [-0.4, -0.2) is 4.98 Å². The summed E-state index contributed by atoms with van der Waals surface area (Å²) >= 11 is 0. The largest absolute Gasteiger partial charge is 0.379 e. The Labute approximate surface area is 137 Å². The van der Waals surface area contributed by atoms with E-state index in [0.29, 0.717) is 6.54 Å². The quantitative estimate of drug-likeness (QED) is 0.731. The highest BCUT2D eigenvalue weighted by Crippen LogP contribution is 2.29. The van der Waals surface area contributed by atoms with Crippen molar-refractivity contribution in [1.29, 1.82) is 0 Å². The van der Waals surface area contributed by atoms with E-state index in [-0.39, 0.29) is 0 Å². The summed E-state index contributed by atoms with van der Waals surface area (Å²) in [7, 11) is 0. The Kier molecular flexibility index (Phi) is 4.53. The lowest BCUT2D eigenvalue weighted by atomic mass is 9.94. The van der Waals surface area contributed by atoms with Gasteiger partial charge in [-0.3, -0.25) is 4.98 Å². The monoisotopic (exact) mass is 300 g/mol. The molecule has 0 aliphatic heterocycles. The van der Waals surface area contributed by atoms with Crippen molar-refractivity contribution >= 4 is 5.70 Å². The summed E-state index contributed by atoms with van der Waals surface area (Å²) in [4.78, 5) is 4.34. The average Bonchev–Trinajstić information content (AvgIpc) is 2.61. The molecule has 1 heterocycles. The van der Waals surface area contributed by atoms with Crippen LogP contribution in [0.4, 0.5) is 0 Å². The maximum atomic E-state index is 4.34. The maximum absolute atomic E-state index is 4.34. The van der Waals surface area contributed by atoms with Gasteiger partial charge in [-0.25, -0.2) is 0 Å². The molecule has 0 amide bonds. The van der Waals surface area contributed by atoms with E-state index in [2.05, 4.69) is 66.3 Å². The van der Waals surface area contributed by atoms with E-state index >= 15 is 0 Å². The molecular formula is C21H20N2. The minimum absolute atomic E-state index is 0.669. The first-order valence-corrected chi connectivity index (χ1v) is 7.74. The SMILES string of the molecule is C=C(NCc1ccccn1)c1c(C)cccc1-c1ccccc1. The molecule has 0 saturated carbocycles. The first-order chi connectivity index (χ1) is 11.3. The molecule has 2 nitrogen and oxygen atoms in total. The summed E-state index contributed by atoms with van der Waals surface area (Å²) in [6.07, 6.45) is 1.81. The number of aromatic nitrogens is 1. The van der Waals surface area contributed by atoms with E-state index in [9.17, 15) is 0 Å². The highest BCUT2D eigenvalue weighted by atomic mass is 14.9. The smallest absolute Gasteiger partial charge is 0.0594 e. The Morgan fingerprint density at radius 3 is 2.48 bits per heavy atom. The highest BCUT2D eigenvalue weighted by molar-refractivity contribution is 5.81. The second kappa shape index (κ2) is 6.93. The van der Waals surface area contributed by atoms with Gasteiger partial charge in [0.25, 0.3) is 0 Å². The predicted octanol–water partition coefficient (Wildman–Crippen LogP) is 4.82. The molecule has 0 unspecified atom stereocenters. The number of nitrogens with zero attached hydrogens (tertiary/aromatic N) is 1. The molecule has 0 atom stereocenters. The van der Waals surface area contributed by atoms with E-state index in [4.69, 9.17) is 0 Å². The highest BCUT2D eigenvalue weighted by Gasteiger charge is 2.10. The standard InChI is InChI=1S/C21H20N2/c1-16-9-8-13-20(18-10-4-3-5-11-18)21(16)17(2)23-15-19-12-6-7-14-22-19/h3-14,23H,2,15H2,1H3. The van der Waals surface area contributed by atoms with Crippen molar-refractivity contribution in [2.24, 2.45) is 0 Å². The van der Waals surface area contributed by atoms with Gasteiger partial charge >= 0.3 is 0 Å². The number of pyridine rings is 1. The van der Waals surface area contributed by atoms with Crippen LogP contribution in [0.2, 0.25) is 0 Å². The molecule has 0 aliphatic carbocycles. The van der Waals surface area contributed by atoms with Crippen LogP contribution >= 0.6 is 0 Å². The van der Waals surface area contributed by atoms with Crippen molar-refractivity contribution < 1.29 is 0 Å². The van der Waals surface area contributed by atoms with E-state index in [1.807, 2.05) is 30.5 Å². The number of aryl methyl sites for hydroxylation is 1. The fourth-order valence-corrected chi connectivity index (χ4v) is 2.71. The topological polar surface area (TPSA) is 24.9 Å². The van der Waals surface area contributed by atoms with Crippen molar-refractivity contribution in [3.05, 3.63) is 96.3 Å². The summed E-state index contributed by atoms with van der Waals surface area (Å²) in [5, 5.41) is 3.41. The lowest BCUT2D eigenvalue weighted by Gasteiger charge is -2.17. The molecule has 0 aliphatic rings. The van der Waals surface area contributed by atoms with E-state index in [1.165, 1.54) is 16.7 Å². The lowest BCUT2D eigenvalue weighted by Crippen LogP contribution is -2.13. The van der Waals surface area contributed by atoms with Gasteiger partial charge in [0.1, 0.15) is 0 Å². The van der Waals surface area contributed by atoms with E-state index in [0.717, 1.165) is 17.0 Å². The normalized spacial score (nSPS) is 10.3. The van der Waals surface area contributed by atoms with Gasteiger partial charge in [0.05, 0.1) is 12.2 Å². The van der Waals surface area contributed by atoms with Gasteiger partial charge in [-0.05, 0) is 35.7 Å². The number of hydrogen-bond acceptors (Lipinski definition) is 2. The molecular weight excluding hydrogens is 280 g/mol. The fraction of sp³-hybridized carbons (Fsp3) is 0.0952. The zero-order valence-electron chi connectivity index (χ0n) is 13.3. The van der Waals surface area contributed by atoms with Crippen LogP contribution in [-0.2, 0) is 6.54 Å². The third-order valence-electron chi connectivity index (χ3n) is 3.87. The molecule has 0 spiro atoms. The molecule has 23 heavy (non-hydrogen) atoms. The van der Waals surface area contributed by atoms with Gasteiger partial charge < -0.3 is 5.32 Å². The van der Waals surface area contributed by atoms with Crippen LogP contribution in [0, 0.1) is 6.92 Å². The van der Waals surface area contributed by atoms with Gasteiger partial charge in [-0.2, -0.15) is 0 Å². The molecule has 1 aromatic heterocycles. The van der Waals surface area contributed by atoms with Crippen LogP contribution in [0.5, 0.6) is 0 Å². The molecule has 1 N–H and O–H groups in total. The van der Waals surface area contributed by atoms with Gasteiger partial charge in [-0.1, -0.05) is 61.2 Å². The van der Waals surface area contributed by atoms with Crippen molar-refractivity contribution in [3.8, 4) is 11.1 Å². The molecule has 2 heteroatoms. The summed E-state index contributed by atoms with van der Waals surface area (Å²) in [6.45, 7) is 7.04. The summed E-state index contributed by atoms with van der Waals surface area (Å²) in [5.41, 5.74) is 6.70. The minimum Gasteiger partial charge on any atom is -0.379 e. The molecule has 0 bridgehead atoms. The zero-order valence-corrected chi connectivity index (χ0v) is 13.3. The second-order valence-electron chi connectivity index (χ2n) is 5.52. The van der Waals surface area contributed by atoms with Crippen LogP contribution in [0.25, 0.3) is 16.8 Å². The summed E-state index contributed by atoms with van der Waals surface area (Å²) < 4.78 is 0. The van der Waals surface area contributed by atoms with Crippen LogP contribution in [0.3, 0.4) is 0 Å². The summed E-state index contributed by atoms with van der Waals surface area (Å²) in [6, 6.07) is 22.7. The first kappa shape index (κ1) is 15.0. The Morgan fingerprint density at radius 2 is 1.74 bits per heavy atom. The molecule has 0 fully saturated rings. The van der Waals surface area contributed by atoms with Crippen molar-refractivity contribution in [1.82, 2.24) is 10.3 Å². The lowest BCUT2D eigenvalue weighted by molar-refractivity contribution is 0.854. The van der Waals surface area contributed by atoms with Crippen LogP contribution < -0.4 is 5.32 Å². The Balaban J connectivity index is 1.88. The molecule has 0 radical (unpaired) electrons. The van der Waals surface area contributed by atoms with E-state index in [1.54, 1.807) is 0 Å². The average molecular weight is 300 g/mol. The van der Waals surface area contributed by atoms with Gasteiger partial charge in [-0.15, -0.1) is 0 Å². The van der Waals surface area contributed by atoms with Gasteiger partial charge in [0, 0.05) is 17.5 Å². The maximum Gasteiger partial charge on any atom is 0.0594 e. The number of hydrogen-bond donors (Lipinski definition) is 1. The van der Waals surface area contributed by atoms with Crippen molar-refractivity contribution in [2.45, 2.75) is 13.5 Å². The minimum atomic E-state index is 0.669. The number of rotatable bonds is 5. The zero-order chi connectivity index (χ0) is 16.1. The molecule has 2 aromatic carbocycles. The van der Waals surface area contributed by atoms with Crippen LogP contribution in [0.15, 0.2) is 79.5 Å². The molecule has 3 aromatic rings. The van der Waals surface area contributed by atoms with Gasteiger partial charge in [0.15, 0.2) is 0 Å².